The molecule has 0 radical (unpaired) electrons. The van der Waals surface area contributed by atoms with Crippen LogP contribution in [0.2, 0.25) is 0 Å². The van der Waals surface area contributed by atoms with Gasteiger partial charge in [0.1, 0.15) is 11.8 Å². The highest BCUT2D eigenvalue weighted by Crippen LogP contribution is 2.37. The van der Waals surface area contributed by atoms with Crippen molar-refractivity contribution in [2.75, 3.05) is 12.4 Å². The standard InChI is InChI=1S/C25H24N4O4S/c1-4-10-33-24-9-7-19(34(31,32)5-2)12-22(24)23-16-28(3)25(30)20-8-6-18(11-21(20)23)29-15-17(13-26)14-27-29/h6-9,11-12,14-16H,4-5,10H2,1-3H3. The lowest BCUT2D eigenvalue weighted by Crippen LogP contribution is -2.17. The lowest BCUT2D eigenvalue weighted by molar-refractivity contribution is 0.318. The van der Waals surface area contributed by atoms with E-state index in [0.29, 0.717) is 45.5 Å². The van der Waals surface area contributed by atoms with Crippen molar-refractivity contribution >= 4 is 20.6 Å². The van der Waals surface area contributed by atoms with Crippen LogP contribution < -0.4 is 10.3 Å². The molecule has 9 heteroatoms. The van der Waals surface area contributed by atoms with Gasteiger partial charge in [-0.25, -0.2) is 13.1 Å². The quantitative estimate of drug-likeness (QED) is 0.401. The molecule has 4 aromatic rings. The molecule has 0 bridgehead atoms. The molecule has 0 aliphatic rings. The molecule has 2 heterocycles. The first-order valence-corrected chi connectivity index (χ1v) is 12.5. The summed E-state index contributed by atoms with van der Waals surface area (Å²) < 4.78 is 34.3. The summed E-state index contributed by atoms with van der Waals surface area (Å²) in [6.07, 6.45) is 5.54. The molecule has 4 rings (SSSR count). The number of aryl methyl sites for hydroxylation is 1. The zero-order chi connectivity index (χ0) is 24.5. The van der Waals surface area contributed by atoms with E-state index in [9.17, 15) is 13.2 Å². The van der Waals surface area contributed by atoms with Gasteiger partial charge in [0.25, 0.3) is 5.56 Å². The maximum absolute atomic E-state index is 12.9. The molecule has 2 aromatic heterocycles. The molecular formula is C25H24N4O4S. The Hall–Kier alpha value is -3.90. The number of nitriles is 1. The fourth-order valence-corrected chi connectivity index (χ4v) is 4.66. The van der Waals surface area contributed by atoms with Crippen LogP contribution in [0.3, 0.4) is 0 Å². The second-order valence-corrected chi connectivity index (χ2v) is 10.2. The van der Waals surface area contributed by atoms with E-state index in [2.05, 4.69) is 11.2 Å². The van der Waals surface area contributed by atoms with Crippen LogP contribution in [0.1, 0.15) is 25.8 Å². The normalized spacial score (nSPS) is 11.5. The Balaban J connectivity index is 2.03. The number of benzene rings is 2. The van der Waals surface area contributed by atoms with Gasteiger partial charge < -0.3 is 9.30 Å². The fraction of sp³-hybridized carbons (Fsp3) is 0.240. The van der Waals surface area contributed by atoms with Gasteiger partial charge in [-0.3, -0.25) is 4.79 Å². The topological polar surface area (TPSA) is 107 Å². The highest BCUT2D eigenvalue weighted by Gasteiger charge is 2.19. The van der Waals surface area contributed by atoms with Crippen LogP contribution in [0.15, 0.2) is 64.7 Å². The number of aromatic nitrogens is 3. The zero-order valence-corrected chi connectivity index (χ0v) is 20.0. The Morgan fingerprint density at radius 2 is 1.85 bits per heavy atom. The molecule has 8 nitrogen and oxygen atoms in total. The monoisotopic (exact) mass is 476 g/mol. The highest BCUT2D eigenvalue weighted by molar-refractivity contribution is 7.91. The number of ether oxygens (including phenoxy) is 1. The molecule has 0 saturated heterocycles. The number of nitrogens with zero attached hydrogens (tertiary/aromatic N) is 4. The van der Waals surface area contributed by atoms with E-state index in [1.54, 1.807) is 61.4 Å². The third-order valence-electron chi connectivity index (χ3n) is 5.59. The van der Waals surface area contributed by atoms with Crippen LogP contribution in [-0.4, -0.2) is 35.1 Å². The van der Waals surface area contributed by atoms with Crippen molar-refractivity contribution < 1.29 is 13.2 Å². The first-order chi connectivity index (χ1) is 16.3. The van der Waals surface area contributed by atoms with E-state index in [1.165, 1.54) is 10.8 Å². The second-order valence-electron chi connectivity index (χ2n) is 7.88. The van der Waals surface area contributed by atoms with Crippen LogP contribution in [0, 0.1) is 11.3 Å². The van der Waals surface area contributed by atoms with E-state index < -0.39 is 9.84 Å². The Morgan fingerprint density at radius 3 is 2.53 bits per heavy atom. The van der Waals surface area contributed by atoms with Gasteiger partial charge in [0.15, 0.2) is 9.84 Å². The van der Waals surface area contributed by atoms with Gasteiger partial charge in [0.05, 0.1) is 34.7 Å². The molecule has 0 fully saturated rings. The average molecular weight is 477 g/mol. The summed E-state index contributed by atoms with van der Waals surface area (Å²) in [7, 11) is -1.80. The Labute approximate surface area is 197 Å². The predicted molar refractivity (Wildman–Crippen MR) is 130 cm³/mol. The van der Waals surface area contributed by atoms with E-state index in [4.69, 9.17) is 10.00 Å². The van der Waals surface area contributed by atoms with E-state index in [0.717, 1.165) is 6.42 Å². The summed E-state index contributed by atoms with van der Waals surface area (Å²) in [6.45, 7) is 4.05. The van der Waals surface area contributed by atoms with Gasteiger partial charge in [-0.05, 0) is 48.2 Å². The number of hydrogen-bond acceptors (Lipinski definition) is 6. The molecule has 0 unspecified atom stereocenters. The largest absolute Gasteiger partial charge is 0.493 e. The predicted octanol–water partition coefficient (Wildman–Crippen LogP) is 3.85. The number of rotatable bonds is 7. The maximum atomic E-state index is 12.9. The molecule has 0 atom stereocenters. The molecule has 2 aromatic carbocycles. The third-order valence-corrected chi connectivity index (χ3v) is 7.32. The number of hydrogen-bond donors (Lipinski definition) is 0. The summed E-state index contributed by atoms with van der Waals surface area (Å²) in [4.78, 5) is 13.1. The highest BCUT2D eigenvalue weighted by atomic mass is 32.2. The number of sulfone groups is 1. The smallest absolute Gasteiger partial charge is 0.258 e. The maximum Gasteiger partial charge on any atom is 0.258 e. The average Bonchev–Trinajstić information content (AvgIpc) is 3.34. The molecule has 0 aliphatic heterocycles. The van der Waals surface area contributed by atoms with Gasteiger partial charge in [-0.15, -0.1) is 0 Å². The molecule has 174 valence electrons. The molecule has 0 spiro atoms. The van der Waals surface area contributed by atoms with Crippen molar-refractivity contribution in [3.63, 3.8) is 0 Å². The van der Waals surface area contributed by atoms with E-state index >= 15 is 0 Å². The summed E-state index contributed by atoms with van der Waals surface area (Å²) in [5, 5.41) is 14.5. The summed E-state index contributed by atoms with van der Waals surface area (Å²) in [6, 6.07) is 12.2. The molecule has 0 saturated carbocycles. The van der Waals surface area contributed by atoms with E-state index in [1.807, 2.05) is 13.0 Å². The van der Waals surface area contributed by atoms with Gasteiger partial charge in [0, 0.05) is 36.0 Å². The van der Waals surface area contributed by atoms with Crippen LogP contribution in [0.5, 0.6) is 5.75 Å². The van der Waals surface area contributed by atoms with Crippen LogP contribution in [0.25, 0.3) is 27.6 Å². The minimum atomic E-state index is -3.46. The number of pyridine rings is 1. The molecule has 0 amide bonds. The van der Waals surface area contributed by atoms with Crippen molar-refractivity contribution in [1.29, 1.82) is 5.26 Å². The first-order valence-electron chi connectivity index (χ1n) is 10.9. The SMILES string of the molecule is CCCOc1ccc(S(=O)(=O)CC)cc1-c1cn(C)c(=O)c2ccc(-n3cc(C#N)cn3)cc12. The van der Waals surface area contributed by atoms with Crippen molar-refractivity contribution in [1.82, 2.24) is 14.3 Å². The van der Waals surface area contributed by atoms with Gasteiger partial charge in [0.2, 0.25) is 0 Å². The van der Waals surface area contributed by atoms with Gasteiger partial charge in [-0.1, -0.05) is 13.8 Å². The lowest BCUT2D eigenvalue weighted by Gasteiger charge is -2.16. The van der Waals surface area contributed by atoms with Crippen LogP contribution in [-0.2, 0) is 16.9 Å². The first kappa shape index (κ1) is 23.3. The zero-order valence-electron chi connectivity index (χ0n) is 19.1. The molecule has 34 heavy (non-hydrogen) atoms. The Kier molecular flexibility index (Phi) is 6.26. The minimum Gasteiger partial charge on any atom is -0.493 e. The summed E-state index contributed by atoms with van der Waals surface area (Å²) in [5.74, 6) is 0.508. The fourth-order valence-electron chi connectivity index (χ4n) is 3.75. The second kappa shape index (κ2) is 9.15. The Morgan fingerprint density at radius 1 is 1.06 bits per heavy atom. The van der Waals surface area contributed by atoms with Crippen molar-refractivity contribution in [2.45, 2.75) is 25.2 Å². The Bertz CT molecular complexity index is 1590. The summed E-state index contributed by atoms with van der Waals surface area (Å²) >= 11 is 0. The molecule has 0 N–H and O–H groups in total. The van der Waals surface area contributed by atoms with Gasteiger partial charge >= 0.3 is 0 Å². The van der Waals surface area contributed by atoms with Crippen molar-refractivity contribution in [2.24, 2.45) is 7.05 Å². The molecule has 0 aliphatic carbocycles. The van der Waals surface area contributed by atoms with Crippen molar-refractivity contribution in [3.8, 4) is 28.6 Å². The number of fused-ring (bicyclic) bond motifs is 1. The van der Waals surface area contributed by atoms with Crippen LogP contribution in [0.4, 0.5) is 0 Å². The lowest BCUT2D eigenvalue weighted by atomic mass is 9.99. The van der Waals surface area contributed by atoms with E-state index in [-0.39, 0.29) is 16.2 Å². The summed E-state index contributed by atoms with van der Waals surface area (Å²) in [5.41, 5.74) is 2.13. The van der Waals surface area contributed by atoms with Crippen LogP contribution >= 0.6 is 0 Å². The van der Waals surface area contributed by atoms with Crippen molar-refractivity contribution in [3.05, 3.63) is 70.9 Å². The molecular weight excluding hydrogens is 452 g/mol. The minimum absolute atomic E-state index is 0.0275. The third kappa shape index (κ3) is 4.20. The van der Waals surface area contributed by atoms with Gasteiger partial charge in [-0.2, -0.15) is 10.4 Å².